The third-order valence-electron chi connectivity index (χ3n) is 2.94. The molecule has 0 heterocycles. The summed E-state index contributed by atoms with van der Waals surface area (Å²) in [4.78, 5) is 23.1. The zero-order valence-corrected chi connectivity index (χ0v) is 12.2. The average Bonchev–Trinajstić information content (AvgIpc) is 2.34. The number of hydrogen-bond donors (Lipinski definition) is 2. The summed E-state index contributed by atoms with van der Waals surface area (Å²) in [5, 5.41) is 11.6. The van der Waals surface area contributed by atoms with Gasteiger partial charge < -0.3 is 10.4 Å². The molecule has 0 aliphatic heterocycles. The highest BCUT2D eigenvalue weighted by molar-refractivity contribution is 9.10. The third kappa shape index (κ3) is 4.02. The maximum absolute atomic E-state index is 12.9. The molecule has 0 fully saturated rings. The number of carbonyl (C=O) groups is 2. The molecular formula is C13H15BrFNO3. The van der Waals surface area contributed by atoms with Gasteiger partial charge in [-0.2, -0.15) is 0 Å². The predicted molar refractivity (Wildman–Crippen MR) is 72.4 cm³/mol. The maximum Gasteiger partial charge on any atom is 0.326 e. The molecule has 2 N–H and O–H groups in total. The Labute approximate surface area is 119 Å². The molecule has 2 atom stereocenters. The zero-order chi connectivity index (χ0) is 14.6. The average molecular weight is 332 g/mol. The molecule has 6 heteroatoms. The molecule has 0 saturated heterocycles. The smallest absolute Gasteiger partial charge is 0.326 e. The summed E-state index contributed by atoms with van der Waals surface area (Å²) in [6, 6.07) is 2.66. The van der Waals surface area contributed by atoms with Crippen LogP contribution >= 0.6 is 15.9 Å². The Balaban J connectivity index is 2.91. The van der Waals surface area contributed by atoms with Crippen LogP contribution < -0.4 is 5.32 Å². The summed E-state index contributed by atoms with van der Waals surface area (Å²) in [7, 11) is 0. The van der Waals surface area contributed by atoms with E-state index < -0.39 is 23.7 Å². The van der Waals surface area contributed by atoms with Crippen LogP contribution in [0.2, 0.25) is 0 Å². The number of carbonyl (C=O) groups excluding carboxylic acids is 1. The Morgan fingerprint density at radius 3 is 2.58 bits per heavy atom. The Morgan fingerprint density at radius 1 is 1.47 bits per heavy atom. The molecule has 0 aliphatic rings. The zero-order valence-electron chi connectivity index (χ0n) is 10.6. The number of carboxylic acids is 1. The van der Waals surface area contributed by atoms with Crippen LogP contribution in [-0.4, -0.2) is 23.0 Å². The first-order valence-electron chi connectivity index (χ1n) is 5.85. The summed E-state index contributed by atoms with van der Waals surface area (Å²) in [5.41, 5.74) is 0.205. The predicted octanol–water partition coefficient (Wildman–Crippen LogP) is 2.82. The van der Waals surface area contributed by atoms with Gasteiger partial charge in [-0.25, -0.2) is 9.18 Å². The van der Waals surface area contributed by atoms with Gasteiger partial charge in [-0.3, -0.25) is 4.79 Å². The Bertz CT molecular complexity index is 493. The minimum atomic E-state index is -1.08. The van der Waals surface area contributed by atoms with E-state index in [0.717, 1.165) is 12.1 Å². The minimum Gasteiger partial charge on any atom is -0.480 e. The molecule has 0 radical (unpaired) electrons. The van der Waals surface area contributed by atoms with E-state index in [2.05, 4.69) is 21.2 Å². The number of hydrogen-bond acceptors (Lipinski definition) is 2. The van der Waals surface area contributed by atoms with Crippen LogP contribution in [0.3, 0.4) is 0 Å². The van der Waals surface area contributed by atoms with Gasteiger partial charge in [0.25, 0.3) is 5.91 Å². The van der Waals surface area contributed by atoms with E-state index in [1.165, 1.54) is 6.07 Å². The number of halogens is 2. The van der Waals surface area contributed by atoms with Crippen molar-refractivity contribution in [3.05, 3.63) is 34.1 Å². The fourth-order valence-corrected chi connectivity index (χ4v) is 2.11. The molecule has 0 bridgehead atoms. The van der Waals surface area contributed by atoms with Crippen molar-refractivity contribution < 1.29 is 19.1 Å². The fourth-order valence-electron chi connectivity index (χ4n) is 1.58. The largest absolute Gasteiger partial charge is 0.480 e. The quantitative estimate of drug-likeness (QED) is 0.871. The van der Waals surface area contributed by atoms with Gasteiger partial charge in [0, 0.05) is 4.47 Å². The number of carboxylic acid groups (broad SMARTS) is 1. The lowest BCUT2D eigenvalue weighted by atomic mass is 9.99. The third-order valence-corrected chi connectivity index (χ3v) is 3.60. The SMILES string of the molecule is CCC(C)[C@H](NC(=O)c1ccc(F)cc1Br)C(=O)O. The van der Waals surface area contributed by atoms with Gasteiger partial charge in [-0.05, 0) is 40.0 Å². The second-order valence-electron chi connectivity index (χ2n) is 4.30. The van der Waals surface area contributed by atoms with Gasteiger partial charge in [-0.15, -0.1) is 0 Å². The van der Waals surface area contributed by atoms with E-state index in [1.807, 2.05) is 6.92 Å². The van der Waals surface area contributed by atoms with E-state index >= 15 is 0 Å². The highest BCUT2D eigenvalue weighted by atomic mass is 79.9. The van der Waals surface area contributed by atoms with Gasteiger partial charge in [0.15, 0.2) is 0 Å². The highest BCUT2D eigenvalue weighted by Crippen LogP contribution is 2.18. The molecule has 104 valence electrons. The van der Waals surface area contributed by atoms with Crippen LogP contribution in [0, 0.1) is 11.7 Å². The molecule has 1 amide bonds. The molecule has 19 heavy (non-hydrogen) atoms. The van der Waals surface area contributed by atoms with E-state index in [-0.39, 0.29) is 11.5 Å². The maximum atomic E-state index is 12.9. The van der Waals surface area contributed by atoms with Gasteiger partial charge >= 0.3 is 5.97 Å². The molecular weight excluding hydrogens is 317 g/mol. The highest BCUT2D eigenvalue weighted by Gasteiger charge is 2.26. The second kappa shape index (κ2) is 6.65. The van der Waals surface area contributed by atoms with Crippen LogP contribution in [0.1, 0.15) is 30.6 Å². The molecule has 4 nitrogen and oxygen atoms in total. The van der Waals surface area contributed by atoms with E-state index in [1.54, 1.807) is 6.92 Å². The van der Waals surface area contributed by atoms with Crippen molar-refractivity contribution in [1.82, 2.24) is 5.32 Å². The molecule has 0 aliphatic carbocycles. The van der Waals surface area contributed by atoms with Crippen LogP contribution in [0.5, 0.6) is 0 Å². The second-order valence-corrected chi connectivity index (χ2v) is 5.15. The molecule has 1 rings (SSSR count). The van der Waals surface area contributed by atoms with Crippen LogP contribution in [0.4, 0.5) is 4.39 Å². The van der Waals surface area contributed by atoms with Crippen LogP contribution in [0.15, 0.2) is 22.7 Å². The first-order valence-corrected chi connectivity index (χ1v) is 6.64. The van der Waals surface area contributed by atoms with Crippen LogP contribution in [0.25, 0.3) is 0 Å². The number of benzene rings is 1. The fraction of sp³-hybridized carbons (Fsp3) is 0.385. The molecule has 0 spiro atoms. The van der Waals surface area contributed by atoms with Crippen molar-refractivity contribution in [3.8, 4) is 0 Å². The summed E-state index contributed by atoms with van der Waals surface area (Å²) in [6.07, 6.45) is 0.627. The van der Waals surface area contributed by atoms with Gasteiger partial charge in [0.2, 0.25) is 0 Å². The van der Waals surface area contributed by atoms with Gasteiger partial charge in [-0.1, -0.05) is 20.3 Å². The van der Waals surface area contributed by atoms with Crippen molar-refractivity contribution in [2.75, 3.05) is 0 Å². The van der Waals surface area contributed by atoms with E-state index in [4.69, 9.17) is 5.11 Å². The van der Waals surface area contributed by atoms with Crippen molar-refractivity contribution in [3.63, 3.8) is 0 Å². The van der Waals surface area contributed by atoms with E-state index in [0.29, 0.717) is 10.9 Å². The van der Waals surface area contributed by atoms with Crippen molar-refractivity contribution in [1.29, 1.82) is 0 Å². The molecule has 0 saturated carbocycles. The normalized spacial score (nSPS) is 13.7. The van der Waals surface area contributed by atoms with Gasteiger partial charge in [0.05, 0.1) is 5.56 Å². The molecule has 1 aromatic carbocycles. The molecule has 1 aromatic rings. The summed E-state index contributed by atoms with van der Waals surface area (Å²) in [5.74, 6) is -2.29. The minimum absolute atomic E-state index is 0.194. The lowest BCUT2D eigenvalue weighted by Crippen LogP contribution is -2.45. The van der Waals surface area contributed by atoms with Crippen molar-refractivity contribution in [2.24, 2.45) is 5.92 Å². The number of aliphatic carboxylic acids is 1. The standard InChI is InChI=1S/C13H15BrFNO3/c1-3-7(2)11(13(18)19)16-12(17)9-5-4-8(15)6-10(9)14/h4-7,11H,3H2,1-2H3,(H,16,17)(H,18,19)/t7?,11-/m0/s1. The number of nitrogens with one attached hydrogen (secondary N) is 1. The summed E-state index contributed by atoms with van der Waals surface area (Å²) < 4.78 is 13.2. The Morgan fingerprint density at radius 2 is 2.11 bits per heavy atom. The molecule has 1 unspecified atom stereocenters. The molecule has 0 aromatic heterocycles. The Hall–Kier alpha value is -1.43. The summed E-state index contributed by atoms with van der Waals surface area (Å²) >= 11 is 3.08. The van der Waals surface area contributed by atoms with Crippen molar-refractivity contribution >= 4 is 27.8 Å². The first-order chi connectivity index (χ1) is 8.86. The van der Waals surface area contributed by atoms with E-state index in [9.17, 15) is 14.0 Å². The monoisotopic (exact) mass is 331 g/mol. The summed E-state index contributed by atoms with van der Waals surface area (Å²) in [6.45, 7) is 3.60. The lowest BCUT2D eigenvalue weighted by molar-refractivity contribution is -0.140. The Kier molecular flexibility index (Phi) is 5.47. The number of amides is 1. The first kappa shape index (κ1) is 15.6. The number of rotatable bonds is 5. The van der Waals surface area contributed by atoms with Crippen molar-refractivity contribution in [2.45, 2.75) is 26.3 Å². The van der Waals surface area contributed by atoms with Crippen LogP contribution in [-0.2, 0) is 4.79 Å². The van der Waals surface area contributed by atoms with Gasteiger partial charge in [0.1, 0.15) is 11.9 Å². The topological polar surface area (TPSA) is 66.4 Å². The lowest BCUT2D eigenvalue weighted by Gasteiger charge is -2.20.